The van der Waals surface area contributed by atoms with Crippen molar-refractivity contribution in [3.8, 4) is 0 Å². The minimum absolute atomic E-state index is 0.0456. The highest BCUT2D eigenvalue weighted by Gasteiger charge is 2.29. The van der Waals surface area contributed by atoms with Crippen molar-refractivity contribution >= 4 is 17.5 Å². The summed E-state index contributed by atoms with van der Waals surface area (Å²) in [5.41, 5.74) is 7.24. The van der Waals surface area contributed by atoms with Crippen LogP contribution in [0.2, 0.25) is 5.02 Å². The number of benzene rings is 1. The molecule has 0 aliphatic carbocycles. The lowest BCUT2D eigenvalue weighted by molar-refractivity contribution is 0.0928. The first-order valence-corrected chi connectivity index (χ1v) is 7.64. The molecule has 7 heteroatoms. The molecule has 6 nitrogen and oxygen atoms in total. The van der Waals surface area contributed by atoms with Crippen LogP contribution in [0, 0.1) is 0 Å². The number of hydrazine groups is 1. The van der Waals surface area contributed by atoms with E-state index in [1.54, 1.807) is 19.3 Å². The van der Waals surface area contributed by atoms with Crippen LogP contribution in [0.5, 0.6) is 0 Å². The Hall–Kier alpha value is -2.15. The third-order valence-electron chi connectivity index (χ3n) is 3.91. The molecule has 3 rings (SSSR count). The van der Waals surface area contributed by atoms with E-state index in [2.05, 4.69) is 16.2 Å². The van der Waals surface area contributed by atoms with Gasteiger partial charge in [0.15, 0.2) is 0 Å². The molecule has 0 bridgehead atoms. The maximum atomic E-state index is 12.4. The van der Waals surface area contributed by atoms with E-state index < -0.39 is 0 Å². The Bertz CT molecular complexity index is 790. The number of carbonyl (C=O) groups is 1. The molecule has 2 aromatic rings. The predicted molar refractivity (Wildman–Crippen MR) is 88.3 cm³/mol. The van der Waals surface area contributed by atoms with Gasteiger partial charge in [0.2, 0.25) is 0 Å². The van der Waals surface area contributed by atoms with Crippen LogP contribution in [-0.2, 0) is 7.05 Å². The molecule has 0 saturated carbocycles. The van der Waals surface area contributed by atoms with E-state index in [9.17, 15) is 9.59 Å². The lowest BCUT2D eigenvalue weighted by atomic mass is 9.97. The number of rotatable bonds is 3. The second kappa shape index (κ2) is 6.54. The molecule has 2 atom stereocenters. The minimum atomic E-state index is -0.295. The number of aryl methyl sites for hydroxylation is 1. The fraction of sp³-hybridized carbons (Fsp3) is 0.250. The van der Waals surface area contributed by atoms with Crippen molar-refractivity contribution in [1.82, 2.24) is 20.7 Å². The summed E-state index contributed by atoms with van der Waals surface area (Å²) in [7, 11) is 1.64. The summed E-state index contributed by atoms with van der Waals surface area (Å²) in [6.07, 6.45) is 1.29. The molecule has 1 fully saturated rings. The largest absolute Gasteiger partial charge is 0.335 e. The van der Waals surface area contributed by atoms with Gasteiger partial charge in [-0.15, -0.1) is 0 Å². The standard InChI is InChI=1S/C16H17ClN4O2/c1-21-6-5-11(8-14(21)22)16(23)19-15-13(9-18-20-15)10-3-2-4-12(17)7-10/h2-8,13,15,18,20H,9H2,1H3,(H,19,23). The Morgan fingerprint density at radius 1 is 1.35 bits per heavy atom. The summed E-state index contributed by atoms with van der Waals surface area (Å²) in [5, 5.41) is 3.56. The van der Waals surface area contributed by atoms with Crippen molar-refractivity contribution in [2.24, 2.45) is 7.05 Å². The smallest absolute Gasteiger partial charge is 0.252 e. The maximum Gasteiger partial charge on any atom is 0.252 e. The molecule has 1 aliphatic rings. The Kier molecular flexibility index (Phi) is 4.47. The van der Waals surface area contributed by atoms with E-state index in [1.165, 1.54) is 10.6 Å². The first-order valence-electron chi connectivity index (χ1n) is 7.26. The van der Waals surface area contributed by atoms with Crippen LogP contribution in [0.4, 0.5) is 0 Å². The van der Waals surface area contributed by atoms with Crippen LogP contribution in [0.25, 0.3) is 0 Å². The van der Waals surface area contributed by atoms with Crippen molar-refractivity contribution in [1.29, 1.82) is 0 Å². The third kappa shape index (κ3) is 3.44. The van der Waals surface area contributed by atoms with Gasteiger partial charge in [-0.25, -0.2) is 5.43 Å². The highest BCUT2D eigenvalue weighted by molar-refractivity contribution is 6.30. The Morgan fingerprint density at radius 2 is 2.17 bits per heavy atom. The van der Waals surface area contributed by atoms with Crippen LogP contribution in [0.15, 0.2) is 47.4 Å². The van der Waals surface area contributed by atoms with Crippen LogP contribution in [0.3, 0.4) is 0 Å². The van der Waals surface area contributed by atoms with E-state index in [0.717, 1.165) is 5.56 Å². The van der Waals surface area contributed by atoms with Gasteiger partial charge in [0.05, 0.1) is 0 Å². The Labute approximate surface area is 138 Å². The number of pyridine rings is 1. The second-order valence-electron chi connectivity index (χ2n) is 5.50. The van der Waals surface area contributed by atoms with Crippen molar-refractivity contribution < 1.29 is 4.79 Å². The van der Waals surface area contributed by atoms with Crippen molar-refractivity contribution in [3.05, 3.63) is 69.1 Å². The Balaban J connectivity index is 1.77. The first-order chi connectivity index (χ1) is 11.0. The number of amides is 1. The van der Waals surface area contributed by atoms with Crippen LogP contribution in [-0.4, -0.2) is 23.2 Å². The second-order valence-corrected chi connectivity index (χ2v) is 5.94. The lowest BCUT2D eigenvalue weighted by Gasteiger charge is -2.20. The quantitative estimate of drug-likeness (QED) is 0.783. The molecular formula is C16H17ClN4O2. The fourth-order valence-electron chi connectivity index (χ4n) is 2.60. The van der Waals surface area contributed by atoms with Crippen LogP contribution in [0.1, 0.15) is 21.8 Å². The van der Waals surface area contributed by atoms with Gasteiger partial charge in [-0.05, 0) is 23.8 Å². The maximum absolute atomic E-state index is 12.4. The van der Waals surface area contributed by atoms with Crippen LogP contribution >= 0.6 is 11.6 Å². The van der Waals surface area contributed by atoms with E-state index in [1.807, 2.05) is 24.3 Å². The highest BCUT2D eigenvalue weighted by Crippen LogP contribution is 2.23. The van der Waals surface area contributed by atoms with Gasteiger partial charge in [-0.1, -0.05) is 23.7 Å². The van der Waals surface area contributed by atoms with Crippen molar-refractivity contribution in [2.75, 3.05) is 6.54 Å². The van der Waals surface area contributed by atoms with Gasteiger partial charge >= 0.3 is 0 Å². The summed E-state index contributed by atoms with van der Waals surface area (Å²) < 4.78 is 1.42. The number of hydrogen-bond donors (Lipinski definition) is 3. The zero-order chi connectivity index (χ0) is 16.4. The summed E-state index contributed by atoms with van der Waals surface area (Å²) in [5.74, 6) is -0.250. The number of carbonyl (C=O) groups excluding carboxylic acids is 1. The number of hydrogen-bond acceptors (Lipinski definition) is 4. The molecule has 1 saturated heterocycles. The molecule has 1 aromatic carbocycles. The van der Waals surface area contributed by atoms with Gasteiger partial charge in [0.1, 0.15) is 6.17 Å². The molecular weight excluding hydrogens is 316 g/mol. The van der Waals surface area contributed by atoms with Crippen LogP contribution < -0.4 is 21.7 Å². The third-order valence-corrected chi connectivity index (χ3v) is 4.15. The summed E-state index contributed by atoms with van der Waals surface area (Å²) in [6.45, 7) is 0.668. The normalized spacial score (nSPS) is 20.4. The predicted octanol–water partition coefficient (Wildman–Crippen LogP) is 0.986. The van der Waals surface area contributed by atoms with Gasteiger partial charge in [-0.3, -0.25) is 15.0 Å². The SMILES string of the molecule is Cn1ccc(C(=O)NC2NNCC2c2cccc(Cl)c2)cc1=O. The number of halogens is 1. The lowest BCUT2D eigenvalue weighted by Crippen LogP contribution is -2.46. The molecule has 0 radical (unpaired) electrons. The van der Waals surface area contributed by atoms with Crippen molar-refractivity contribution in [3.63, 3.8) is 0 Å². The van der Waals surface area contributed by atoms with E-state index in [4.69, 9.17) is 11.6 Å². The fourth-order valence-corrected chi connectivity index (χ4v) is 2.79. The average molecular weight is 333 g/mol. The zero-order valence-corrected chi connectivity index (χ0v) is 13.3. The van der Waals surface area contributed by atoms with E-state index in [0.29, 0.717) is 17.1 Å². The molecule has 120 valence electrons. The zero-order valence-electron chi connectivity index (χ0n) is 12.5. The summed E-state index contributed by atoms with van der Waals surface area (Å²) >= 11 is 6.04. The minimum Gasteiger partial charge on any atom is -0.335 e. The van der Waals surface area contributed by atoms with Gasteiger partial charge in [0.25, 0.3) is 11.5 Å². The topological polar surface area (TPSA) is 75.2 Å². The van der Waals surface area contributed by atoms with Gasteiger partial charge in [0, 0.05) is 42.4 Å². The summed E-state index contributed by atoms with van der Waals surface area (Å²) in [4.78, 5) is 24.0. The van der Waals surface area contributed by atoms with E-state index in [-0.39, 0.29) is 23.6 Å². The average Bonchev–Trinajstić information content (AvgIpc) is 2.98. The number of nitrogens with zero attached hydrogens (tertiary/aromatic N) is 1. The molecule has 23 heavy (non-hydrogen) atoms. The molecule has 3 N–H and O–H groups in total. The number of nitrogens with one attached hydrogen (secondary N) is 3. The van der Waals surface area contributed by atoms with Gasteiger partial charge in [-0.2, -0.15) is 0 Å². The van der Waals surface area contributed by atoms with Gasteiger partial charge < -0.3 is 9.88 Å². The molecule has 1 aromatic heterocycles. The highest BCUT2D eigenvalue weighted by atomic mass is 35.5. The van der Waals surface area contributed by atoms with E-state index >= 15 is 0 Å². The summed E-state index contributed by atoms with van der Waals surface area (Å²) in [6, 6.07) is 10.5. The molecule has 0 spiro atoms. The number of aromatic nitrogens is 1. The van der Waals surface area contributed by atoms with Crippen molar-refractivity contribution in [2.45, 2.75) is 12.1 Å². The first kappa shape index (κ1) is 15.7. The molecule has 2 unspecified atom stereocenters. The molecule has 1 amide bonds. The Morgan fingerprint density at radius 3 is 2.91 bits per heavy atom. The monoisotopic (exact) mass is 332 g/mol. The molecule has 2 heterocycles. The molecule has 1 aliphatic heterocycles.